The van der Waals surface area contributed by atoms with Crippen LogP contribution in [0.15, 0.2) is 24.3 Å². The molecule has 2 nitrogen and oxygen atoms in total. The van der Waals surface area contributed by atoms with Gasteiger partial charge in [-0.1, -0.05) is 23.7 Å². The van der Waals surface area contributed by atoms with Gasteiger partial charge >= 0.3 is 0 Å². The first-order chi connectivity index (χ1) is 8.10. The Bertz CT molecular complexity index is 415. The number of halogens is 3. The fraction of sp³-hybridized carbons (Fsp3) is 0.500. The number of hydrogen-bond acceptors (Lipinski definition) is 2. The van der Waals surface area contributed by atoms with E-state index in [0.717, 1.165) is 0 Å². The minimum absolute atomic E-state index is 0.393. The Kier molecular flexibility index (Phi) is 2.61. The molecule has 1 aromatic rings. The van der Waals surface area contributed by atoms with Gasteiger partial charge in [0.2, 0.25) is 0 Å². The van der Waals surface area contributed by atoms with Gasteiger partial charge in [0.05, 0.1) is 25.0 Å². The molecule has 2 fully saturated rings. The van der Waals surface area contributed by atoms with Crippen LogP contribution in [-0.4, -0.2) is 25.4 Å². The predicted octanol–water partition coefficient (Wildman–Crippen LogP) is 3.06. The van der Waals surface area contributed by atoms with Crippen molar-refractivity contribution in [1.82, 2.24) is 0 Å². The monoisotopic (exact) mass is 260 g/mol. The van der Waals surface area contributed by atoms with Crippen LogP contribution in [0.2, 0.25) is 5.02 Å². The molecule has 2 unspecified atom stereocenters. The summed E-state index contributed by atoms with van der Waals surface area (Å²) in [4.78, 5) is 0. The normalized spacial score (nSPS) is 31.7. The van der Waals surface area contributed by atoms with E-state index in [2.05, 4.69) is 0 Å². The largest absolute Gasteiger partial charge is 0.350 e. The maximum atomic E-state index is 13.7. The predicted molar refractivity (Wildman–Crippen MR) is 58.3 cm³/mol. The van der Waals surface area contributed by atoms with E-state index in [1.165, 1.54) is 0 Å². The molecule has 1 aliphatic heterocycles. The van der Waals surface area contributed by atoms with E-state index < -0.39 is 24.0 Å². The van der Waals surface area contributed by atoms with E-state index in [1.807, 2.05) is 0 Å². The second-order valence-electron chi connectivity index (χ2n) is 4.34. The fourth-order valence-corrected chi connectivity index (χ4v) is 2.50. The molecule has 0 radical (unpaired) electrons. The summed E-state index contributed by atoms with van der Waals surface area (Å²) >= 11 is 5.73. The molecule has 0 spiro atoms. The summed E-state index contributed by atoms with van der Waals surface area (Å²) in [5.41, 5.74) is 0.587. The first-order valence-corrected chi connectivity index (χ1v) is 5.85. The number of hydrogen-bond donors (Lipinski definition) is 0. The molecule has 1 saturated heterocycles. The molecule has 2 atom stereocenters. The van der Waals surface area contributed by atoms with Gasteiger partial charge in [0.25, 0.3) is 5.92 Å². The number of rotatable bonds is 2. The van der Waals surface area contributed by atoms with E-state index >= 15 is 0 Å². The lowest BCUT2D eigenvalue weighted by molar-refractivity contribution is -0.0829. The van der Waals surface area contributed by atoms with E-state index in [0.29, 0.717) is 23.8 Å². The highest BCUT2D eigenvalue weighted by molar-refractivity contribution is 6.30. The smallest absolute Gasteiger partial charge is 0.263 e. The van der Waals surface area contributed by atoms with Crippen LogP contribution < -0.4 is 0 Å². The van der Waals surface area contributed by atoms with Crippen LogP contribution in [0.3, 0.4) is 0 Å². The third kappa shape index (κ3) is 1.84. The van der Waals surface area contributed by atoms with Crippen LogP contribution in [-0.2, 0) is 9.47 Å². The summed E-state index contributed by atoms with van der Waals surface area (Å²) in [6.07, 6.45) is -0.773. The van der Waals surface area contributed by atoms with Crippen molar-refractivity contribution < 1.29 is 18.3 Å². The molecule has 17 heavy (non-hydrogen) atoms. The molecule has 0 N–H and O–H groups in total. The Morgan fingerprint density at radius 2 is 1.71 bits per heavy atom. The van der Waals surface area contributed by atoms with E-state index in [4.69, 9.17) is 21.1 Å². The molecule has 1 saturated carbocycles. The van der Waals surface area contributed by atoms with Crippen molar-refractivity contribution in [2.45, 2.75) is 18.1 Å². The third-order valence-corrected chi connectivity index (χ3v) is 3.53. The van der Waals surface area contributed by atoms with Crippen molar-refractivity contribution in [1.29, 1.82) is 0 Å². The van der Waals surface area contributed by atoms with Crippen molar-refractivity contribution in [3.63, 3.8) is 0 Å². The maximum absolute atomic E-state index is 13.7. The lowest BCUT2D eigenvalue weighted by Crippen LogP contribution is -2.15. The van der Waals surface area contributed by atoms with Crippen molar-refractivity contribution in [3.05, 3.63) is 34.9 Å². The first kappa shape index (κ1) is 11.4. The highest BCUT2D eigenvalue weighted by Crippen LogP contribution is 2.64. The topological polar surface area (TPSA) is 18.5 Å². The summed E-state index contributed by atoms with van der Waals surface area (Å²) in [7, 11) is 0. The van der Waals surface area contributed by atoms with Crippen molar-refractivity contribution in [3.8, 4) is 0 Å². The quantitative estimate of drug-likeness (QED) is 0.814. The van der Waals surface area contributed by atoms with Crippen LogP contribution in [0, 0.1) is 5.92 Å². The summed E-state index contributed by atoms with van der Waals surface area (Å²) in [6.45, 7) is 0.787. The molecule has 2 aliphatic rings. The zero-order chi connectivity index (χ0) is 12.0. The maximum Gasteiger partial charge on any atom is 0.263 e. The highest BCUT2D eigenvalue weighted by atomic mass is 35.5. The van der Waals surface area contributed by atoms with Gasteiger partial charge in [-0.05, 0) is 17.7 Å². The van der Waals surface area contributed by atoms with Crippen molar-refractivity contribution >= 4 is 11.6 Å². The minimum Gasteiger partial charge on any atom is -0.350 e. The van der Waals surface area contributed by atoms with Crippen LogP contribution in [0.1, 0.15) is 11.5 Å². The van der Waals surface area contributed by atoms with Crippen LogP contribution in [0.5, 0.6) is 0 Å². The molecule has 1 aliphatic carbocycles. The Morgan fingerprint density at radius 1 is 1.12 bits per heavy atom. The number of benzene rings is 1. The van der Waals surface area contributed by atoms with E-state index in [-0.39, 0.29) is 0 Å². The van der Waals surface area contributed by atoms with E-state index in [9.17, 15) is 8.78 Å². The van der Waals surface area contributed by atoms with E-state index in [1.54, 1.807) is 24.3 Å². The van der Waals surface area contributed by atoms with Gasteiger partial charge in [0.1, 0.15) is 0 Å². The van der Waals surface area contributed by atoms with Gasteiger partial charge < -0.3 is 9.47 Å². The van der Waals surface area contributed by atoms with Crippen LogP contribution in [0.25, 0.3) is 0 Å². The second-order valence-corrected chi connectivity index (χ2v) is 4.78. The summed E-state index contributed by atoms with van der Waals surface area (Å²) < 4.78 is 37.7. The molecular weight excluding hydrogens is 250 g/mol. The van der Waals surface area contributed by atoms with Crippen LogP contribution in [0.4, 0.5) is 8.78 Å². The molecule has 92 valence electrons. The summed E-state index contributed by atoms with van der Waals surface area (Å²) in [5, 5.41) is 0.544. The SMILES string of the molecule is FC1(F)C(c2ccc(Cl)cc2)C1C1OCCO1. The number of ether oxygens (including phenoxy) is 2. The number of alkyl halides is 2. The summed E-state index contributed by atoms with van der Waals surface area (Å²) in [6, 6.07) is 6.52. The molecule has 0 bridgehead atoms. The van der Waals surface area contributed by atoms with Gasteiger partial charge in [0, 0.05) is 5.02 Å². The minimum atomic E-state index is -2.75. The molecule has 1 aromatic carbocycles. The molecule has 3 rings (SSSR count). The highest BCUT2D eigenvalue weighted by Gasteiger charge is 2.72. The molecule has 1 heterocycles. The Hall–Kier alpha value is -0.710. The van der Waals surface area contributed by atoms with Gasteiger partial charge in [-0.3, -0.25) is 0 Å². The Labute approximate surface area is 102 Å². The molecule has 0 amide bonds. The Balaban J connectivity index is 1.82. The molecule has 5 heteroatoms. The first-order valence-electron chi connectivity index (χ1n) is 5.47. The Morgan fingerprint density at radius 3 is 2.29 bits per heavy atom. The van der Waals surface area contributed by atoms with Gasteiger partial charge in [-0.25, -0.2) is 8.78 Å². The third-order valence-electron chi connectivity index (χ3n) is 3.28. The van der Waals surface area contributed by atoms with Crippen LogP contribution >= 0.6 is 11.6 Å². The zero-order valence-corrected chi connectivity index (χ0v) is 9.66. The average molecular weight is 261 g/mol. The van der Waals surface area contributed by atoms with Gasteiger partial charge in [0.15, 0.2) is 6.29 Å². The summed E-state index contributed by atoms with van der Waals surface area (Å²) in [5.74, 6) is -4.43. The lowest BCUT2D eigenvalue weighted by Gasteiger charge is -2.06. The molecular formula is C12H11ClF2O2. The van der Waals surface area contributed by atoms with Crippen molar-refractivity contribution in [2.24, 2.45) is 5.92 Å². The fourth-order valence-electron chi connectivity index (χ4n) is 2.37. The second kappa shape index (κ2) is 3.90. The van der Waals surface area contributed by atoms with Gasteiger partial charge in [-0.2, -0.15) is 0 Å². The van der Waals surface area contributed by atoms with Gasteiger partial charge in [-0.15, -0.1) is 0 Å². The van der Waals surface area contributed by atoms with Crippen molar-refractivity contribution in [2.75, 3.05) is 13.2 Å². The zero-order valence-electron chi connectivity index (χ0n) is 8.91. The standard InChI is InChI=1S/C12H11ClF2O2/c13-8-3-1-7(2-4-8)9-10(12(9,14)15)11-16-5-6-17-11/h1-4,9-11H,5-6H2. The lowest BCUT2D eigenvalue weighted by atomic mass is 10.1. The molecule has 0 aromatic heterocycles. The average Bonchev–Trinajstić information content (AvgIpc) is 2.69.